The van der Waals surface area contributed by atoms with E-state index >= 15 is 0 Å². The van der Waals surface area contributed by atoms with Crippen molar-refractivity contribution in [2.45, 2.75) is 6.92 Å². The number of morpholine rings is 1. The van der Waals surface area contributed by atoms with Crippen molar-refractivity contribution in [2.75, 3.05) is 26.3 Å². The van der Waals surface area contributed by atoms with Crippen molar-refractivity contribution in [3.05, 3.63) is 28.0 Å². The molecule has 0 radical (unpaired) electrons. The molecule has 5 heteroatoms. The third kappa shape index (κ3) is 2.41. The molecule has 1 aromatic heterocycles. The average Bonchev–Trinajstić information content (AvgIpc) is 2.29. The fraction of sp³-hybridized carbons (Fsp3) is 0.455. The number of hydrogen-bond acceptors (Lipinski definition) is 3. The van der Waals surface area contributed by atoms with Crippen molar-refractivity contribution in [1.29, 1.82) is 0 Å². The van der Waals surface area contributed by atoms with Crippen LogP contribution < -0.4 is 0 Å². The lowest BCUT2D eigenvalue weighted by Crippen LogP contribution is -2.41. The van der Waals surface area contributed by atoms with Gasteiger partial charge in [-0.3, -0.25) is 4.79 Å². The number of carbonyl (C=O) groups is 1. The monoisotopic (exact) mass is 284 g/mol. The van der Waals surface area contributed by atoms with Gasteiger partial charge in [-0.05, 0) is 34.5 Å². The zero-order valence-corrected chi connectivity index (χ0v) is 10.7. The Hall–Kier alpha value is -0.940. The molecule has 1 saturated heterocycles. The number of rotatable bonds is 1. The first-order valence-electron chi connectivity index (χ1n) is 5.17. The lowest BCUT2D eigenvalue weighted by molar-refractivity contribution is 0.0298. The third-order valence-corrected chi connectivity index (χ3v) is 3.08. The second-order valence-corrected chi connectivity index (χ2v) is 4.60. The number of pyridine rings is 1. The van der Waals surface area contributed by atoms with Gasteiger partial charge in [0.1, 0.15) is 5.69 Å². The number of aryl methyl sites for hydroxylation is 1. The highest BCUT2D eigenvalue weighted by atomic mass is 79.9. The Morgan fingerprint density at radius 3 is 2.81 bits per heavy atom. The SMILES string of the molecule is Cc1cnc(C(=O)N2CCOCC2)c(Br)c1. The first-order chi connectivity index (χ1) is 7.68. The maximum Gasteiger partial charge on any atom is 0.273 e. The van der Waals surface area contributed by atoms with Crippen LogP contribution in [0.3, 0.4) is 0 Å². The smallest absolute Gasteiger partial charge is 0.273 e. The van der Waals surface area contributed by atoms with Gasteiger partial charge >= 0.3 is 0 Å². The van der Waals surface area contributed by atoms with Crippen molar-refractivity contribution < 1.29 is 9.53 Å². The molecule has 1 amide bonds. The van der Waals surface area contributed by atoms with Crippen LogP contribution in [0, 0.1) is 6.92 Å². The van der Waals surface area contributed by atoms with E-state index in [-0.39, 0.29) is 5.91 Å². The van der Waals surface area contributed by atoms with Gasteiger partial charge in [-0.2, -0.15) is 0 Å². The highest BCUT2D eigenvalue weighted by Crippen LogP contribution is 2.18. The molecule has 1 aliphatic heterocycles. The Morgan fingerprint density at radius 2 is 2.19 bits per heavy atom. The van der Waals surface area contributed by atoms with Crippen molar-refractivity contribution in [1.82, 2.24) is 9.88 Å². The summed E-state index contributed by atoms with van der Waals surface area (Å²) in [4.78, 5) is 18.1. The fourth-order valence-electron chi connectivity index (χ4n) is 1.61. The van der Waals surface area contributed by atoms with Crippen molar-refractivity contribution >= 4 is 21.8 Å². The molecule has 0 spiro atoms. The quantitative estimate of drug-likeness (QED) is 0.787. The normalized spacial score (nSPS) is 16.2. The fourth-order valence-corrected chi connectivity index (χ4v) is 2.24. The van der Waals surface area contributed by atoms with Crippen LogP contribution in [0.2, 0.25) is 0 Å². The Bertz CT molecular complexity index is 403. The number of carbonyl (C=O) groups excluding carboxylic acids is 1. The van der Waals surface area contributed by atoms with E-state index in [1.54, 1.807) is 11.1 Å². The molecule has 4 nitrogen and oxygen atoms in total. The van der Waals surface area contributed by atoms with E-state index in [1.807, 2.05) is 13.0 Å². The summed E-state index contributed by atoms with van der Waals surface area (Å²) in [6.45, 7) is 4.44. The largest absolute Gasteiger partial charge is 0.378 e. The van der Waals surface area contributed by atoms with E-state index in [9.17, 15) is 4.79 Å². The summed E-state index contributed by atoms with van der Waals surface area (Å²) in [5.41, 5.74) is 1.51. The summed E-state index contributed by atoms with van der Waals surface area (Å²) in [6, 6.07) is 1.90. The molecule has 0 atom stereocenters. The number of amides is 1. The van der Waals surface area contributed by atoms with Gasteiger partial charge in [0, 0.05) is 23.8 Å². The van der Waals surface area contributed by atoms with Gasteiger partial charge in [0.2, 0.25) is 0 Å². The van der Waals surface area contributed by atoms with E-state index in [1.165, 1.54) is 0 Å². The molecule has 0 aromatic carbocycles. The molecule has 86 valence electrons. The lowest BCUT2D eigenvalue weighted by atomic mass is 10.2. The maximum atomic E-state index is 12.1. The maximum absolute atomic E-state index is 12.1. The summed E-state index contributed by atoms with van der Waals surface area (Å²) in [5.74, 6) is -0.0322. The van der Waals surface area contributed by atoms with Gasteiger partial charge in [-0.25, -0.2) is 4.98 Å². The minimum atomic E-state index is -0.0322. The molecule has 1 aromatic rings. The standard InChI is InChI=1S/C11H13BrN2O2/c1-8-6-9(12)10(13-7-8)11(15)14-2-4-16-5-3-14/h6-7H,2-5H2,1H3. The number of aromatic nitrogens is 1. The predicted molar refractivity (Wildman–Crippen MR) is 63.4 cm³/mol. The number of nitrogens with zero attached hydrogens (tertiary/aromatic N) is 2. The number of halogens is 1. The molecule has 0 aliphatic carbocycles. The molecule has 16 heavy (non-hydrogen) atoms. The zero-order chi connectivity index (χ0) is 11.5. The molecule has 2 rings (SSSR count). The lowest BCUT2D eigenvalue weighted by Gasteiger charge is -2.26. The van der Waals surface area contributed by atoms with E-state index in [0.717, 1.165) is 10.0 Å². The van der Waals surface area contributed by atoms with Gasteiger partial charge in [0.15, 0.2) is 0 Å². The van der Waals surface area contributed by atoms with Gasteiger partial charge in [0.25, 0.3) is 5.91 Å². The van der Waals surface area contributed by atoms with Gasteiger partial charge < -0.3 is 9.64 Å². The van der Waals surface area contributed by atoms with E-state index < -0.39 is 0 Å². The third-order valence-electron chi connectivity index (χ3n) is 2.48. The topological polar surface area (TPSA) is 42.4 Å². The van der Waals surface area contributed by atoms with Crippen LogP contribution in [-0.2, 0) is 4.74 Å². The van der Waals surface area contributed by atoms with Crippen molar-refractivity contribution in [3.8, 4) is 0 Å². The van der Waals surface area contributed by atoms with Gasteiger partial charge in [-0.15, -0.1) is 0 Å². The second-order valence-electron chi connectivity index (χ2n) is 3.75. The summed E-state index contributed by atoms with van der Waals surface area (Å²) in [7, 11) is 0. The van der Waals surface area contributed by atoms with E-state index in [0.29, 0.717) is 32.0 Å². The van der Waals surface area contributed by atoms with Crippen LogP contribution in [0.4, 0.5) is 0 Å². The summed E-state index contributed by atoms with van der Waals surface area (Å²) < 4.78 is 5.96. The summed E-state index contributed by atoms with van der Waals surface area (Å²) >= 11 is 3.37. The van der Waals surface area contributed by atoms with E-state index in [4.69, 9.17) is 4.74 Å². The Labute approximate surface area is 103 Å². The van der Waals surface area contributed by atoms with Crippen LogP contribution in [0.15, 0.2) is 16.7 Å². The van der Waals surface area contributed by atoms with Crippen LogP contribution in [-0.4, -0.2) is 42.1 Å². The Kier molecular flexibility index (Phi) is 3.56. The van der Waals surface area contributed by atoms with Crippen molar-refractivity contribution in [3.63, 3.8) is 0 Å². The van der Waals surface area contributed by atoms with Crippen LogP contribution >= 0.6 is 15.9 Å². The molecule has 0 bridgehead atoms. The average molecular weight is 285 g/mol. The molecular weight excluding hydrogens is 272 g/mol. The Balaban J connectivity index is 2.19. The molecular formula is C11H13BrN2O2. The summed E-state index contributed by atoms with van der Waals surface area (Å²) in [5, 5.41) is 0. The highest BCUT2D eigenvalue weighted by molar-refractivity contribution is 9.10. The van der Waals surface area contributed by atoms with Gasteiger partial charge in [-0.1, -0.05) is 0 Å². The molecule has 0 saturated carbocycles. The van der Waals surface area contributed by atoms with E-state index in [2.05, 4.69) is 20.9 Å². The molecule has 0 unspecified atom stereocenters. The minimum Gasteiger partial charge on any atom is -0.378 e. The Morgan fingerprint density at radius 1 is 1.50 bits per heavy atom. The first kappa shape index (κ1) is 11.5. The second kappa shape index (κ2) is 4.93. The number of hydrogen-bond donors (Lipinski definition) is 0. The molecule has 2 heterocycles. The summed E-state index contributed by atoms with van der Waals surface area (Å²) in [6.07, 6.45) is 1.71. The molecule has 0 N–H and O–H groups in total. The van der Waals surface area contributed by atoms with Gasteiger partial charge in [0.05, 0.1) is 13.2 Å². The predicted octanol–water partition coefficient (Wildman–Crippen LogP) is 1.62. The van der Waals surface area contributed by atoms with Crippen LogP contribution in [0.5, 0.6) is 0 Å². The minimum absolute atomic E-state index is 0.0322. The zero-order valence-electron chi connectivity index (χ0n) is 9.07. The highest BCUT2D eigenvalue weighted by Gasteiger charge is 2.21. The molecule has 1 fully saturated rings. The number of ether oxygens (including phenoxy) is 1. The van der Waals surface area contributed by atoms with Crippen molar-refractivity contribution in [2.24, 2.45) is 0 Å². The van der Waals surface area contributed by atoms with Crippen LogP contribution in [0.1, 0.15) is 16.1 Å². The molecule has 1 aliphatic rings. The first-order valence-corrected chi connectivity index (χ1v) is 5.97. The van der Waals surface area contributed by atoms with Crippen LogP contribution in [0.25, 0.3) is 0 Å².